The molecule has 4 rings (SSSR count). The van der Waals surface area contributed by atoms with Crippen LogP contribution in [0.3, 0.4) is 0 Å². The summed E-state index contributed by atoms with van der Waals surface area (Å²) in [6, 6.07) is 17.0. The molecule has 0 unspecified atom stereocenters. The Kier molecular flexibility index (Phi) is 8.01. The quantitative estimate of drug-likeness (QED) is 0.437. The Balaban J connectivity index is 1.26. The van der Waals surface area contributed by atoms with Gasteiger partial charge in [-0.05, 0) is 74.5 Å². The number of carbonyl (C=O) groups excluding carboxylic acids is 1. The maximum atomic E-state index is 12.5. The molecule has 1 N–H and O–H groups in total. The molecule has 1 aromatic heterocycles. The number of amides is 1. The lowest BCUT2D eigenvalue weighted by atomic mass is 9.92. The van der Waals surface area contributed by atoms with Crippen molar-refractivity contribution in [2.75, 3.05) is 26.2 Å². The number of para-hydroxylation sites is 1. The minimum absolute atomic E-state index is 0.0486. The average molecular weight is 462 g/mol. The first kappa shape index (κ1) is 24.0. The minimum Gasteiger partial charge on any atom is -0.487 e. The molecule has 0 radical (unpaired) electrons. The van der Waals surface area contributed by atoms with Crippen molar-refractivity contribution in [2.45, 2.75) is 40.2 Å². The molecular formula is C28H35N3O3. The number of piperidine rings is 1. The van der Waals surface area contributed by atoms with E-state index < -0.39 is 0 Å². The van der Waals surface area contributed by atoms with E-state index >= 15 is 0 Å². The van der Waals surface area contributed by atoms with Crippen molar-refractivity contribution in [1.29, 1.82) is 0 Å². The number of hydrogen-bond donors (Lipinski definition) is 1. The number of nitrogens with one attached hydrogen (secondary N) is 1. The zero-order valence-corrected chi connectivity index (χ0v) is 20.4. The van der Waals surface area contributed by atoms with E-state index in [1.165, 1.54) is 19.5 Å². The first-order valence-corrected chi connectivity index (χ1v) is 12.2. The highest BCUT2D eigenvalue weighted by Gasteiger charge is 2.21. The van der Waals surface area contributed by atoms with Crippen molar-refractivity contribution in [3.8, 4) is 17.2 Å². The molecule has 2 atom stereocenters. The Bertz CT molecular complexity index is 1050. The van der Waals surface area contributed by atoms with Gasteiger partial charge >= 0.3 is 0 Å². The SMILES string of the molecule is Cc1oc(-c2ccc(C(=O)NCCCN3C[C@H](C)C[C@H](C)C3)cc2)nc1COc1ccccc1. The highest BCUT2D eigenvalue weighted by atomic mass is 16.5. The molecule has 1 aliphatic rings. The van der Waals surface area contributed by atoms with E-state index in [0.29, 0.717) is 24.6 Å². The van der Waals surface area contributed by atoms with Crippen LogP contribution in [-0.4, -0.2) is 42.0 Å². The Labute approximate surface area is 202 Å². The molecule has 6 heteroatoms. The van der Waals surface area contributed by atoms with E-state index in [2.05, 4.69) is 29.0 Å². The lowest BCUT2D eigenvalue weighted by molar-refractivity contribution is 0.0947. The van der Waals surface area contributed by atoms with Crippen LogP contribution in [0.1, 0.15) is 48.5 Å². The van der Waals surface area contributed by atoms with E-state index in [4.69, 9.17) is 9.15 Å². The van der Waals surface area contributed by atoms with Crippen LogP contribution in [0.5, 0.6) is 5.75 Å². The predicted molar refractivity (Wildman–Crippen MR) is 134 cm³/mol. The van der Waals surface area contributed by atoms with Crippen LogP contribution in [0.15, 0.2) is 59.0 Å². The van der Waals surface area contributed by atoms with Crippen LogP contribution in [0.4, 0.5) is 0 Å². The van der Waals surface area contributed by atoms with E-state index in [9.17, 15) is 4.79 Å². The molecular weight excluding hydrogens is 426 g/mol. The number of aryl methyl sites for hydroxylation is 1. The van der Waals surface area contributed by atoms with Crippen LogP contribution in [0.25, 0.3) is 11.5 Å². The highest BCUT2D eigenvalue weighted by Crippen LogP contribution is 2.24. The fourth-order valence-electron chi connectivity index (χ4n) is 4.70. The molecule has 1 fully saturated rings. The van der Waals surface area contributed by atoms with Crippen molar-refractivity contribution >= 4 is 5.91 Å². The van der Waals surface area contributed by atoms with Gasteiger partial charge in [0, 0.05) is 30.8 Å². The Morgan fingerprint density at radius 3 is 2.50 bits per heavy atom. The van der Waals surface area contributed by atoms with Gasteiger partial charge in [0.05, 0.1) is 0 Å². The average Bonchev–Trinajstić information content (AvgIpc) is 3.21. The highest BCUT2D eigenvalue weighted by molar-refractivity contribution is 5.94. The molecule has 1 saturated heterocycles. The summed E-state index contributed by atoms with van der Waals surface area (Å²) in [6.07, 6.45) is 2.28. The second kappa shape index (κ2) is 11.3. The van der Waals surface area contributed by atoms with Gasteiger partial charge in [0.25, 0.3) is 5.91 Å². The van der Waals surface area contributed by atoms with Crippen molar-refractivity contribution in [2.24, 2.45) is 11.8 Å². The van der Waals surface area contributed by atoms with Gasteiger partial charge in [-0.25, -0.2) is 4.98 Å². The van der Waals surface area contributed by atoms with Gasteiger partial charge in [-0.3, -0.25) is 4.79 Å². The number of likely N-dealkylation sites (tertiary alicyclic amines) is 1. The van der Waals surface area contributed by atoms with E-state index in [1.807, 2.05) is 61.5 Å². The third kappa shape index (κ3) is 6.48. The lowest BCUT2D eigenvalue weighted by Crippen LogP contribution is -2.40. The van der Waals surface area contributed by atoms with Crippen molar-refractivity contribution < 1.29 is 13.9 Å². The molecule has 34 heavy (non-hydrogen) atoms. The molecule has 1 aliphatic heterocycles. The number of nitrogens with zero attached hydrogens (tertiary/aromatic N) is 2. The van der Waals surface area contributed by atoms with Crippen LogP contribution < -0.4 is 10.1 Å². The van der Waals surface area contributed by atoms with Crippen LogP contribution in [0.2, 0.25) is 0 Å². The molecule has 0 saturated carbocycles. The fourth-order valence-corrected chi connectivity index (χ4v) is 4.70. The van der Waals surface area contributed by atoms with Gasteiger partial charge < -0.3 is 19.4 Å². The molecule has 2 aromatic carbocycles. The third-order valence-electron chi connectivity index (χ3n) is 6.29. The van der Waals surface area contributed by atoms with E-state index in [0.717, 1.165) is 47.6 Å². The molecule has 2 heterocycles. The molecule has 180 valence electrons. The topological polar surface area (TPSA) is 67.6 Å². The Morgan fingerprint density at radius 2 is 1.79 bits per heavy atom. The maximum Gasteiger partial charge on any atom is 0.251 e. The second-order valence-corrected chi connectivity index (χ2v) is 9.52. The fraction of sp³-hybridized carbons (Fsp3) is 0.429. The van der Waals surface area contributed by atoms with E-state index in [-0.39, 0.29) is 5.91 Å². The number of hydrogen-bond acceptors (Lipinski definition) is 5. The second-order valence-electron chi connectivity index (χ2n) is 9.52. The summed E-state index contributed by atoms with van der Waals surface area (Å²) in [5.74, 6) is 3.52. The van der Waals surface area contributed by atoms with Gasteiger partial charge in [-0.2, -0.15) is 0 Å². The minimum atomic E-state index is -0.0486. The summed E-state index contributed by atoms with van der Waals surface area (Å²) < 4.78 is 11.6. The smallest absolute Gasteiger partial charge is 0.251 e. The number of aromatic nitrogens is 1. The monoisotopic (exact) mass is 461 g/mol. The van der Waals surface area contributed by atoms with Gasteiger partial charge in [0.1, 0.15) is 23.8 Å². The normalized spacial score (nSPS) is 18.6. The lowest BCUT2D eigenvalue weighted by Gasteiger charge is -2.34. The molecule has 1 amide bonds. The predicted octanol–water partition coefficient (Wildman–Crippen LogP) is 5.33. The Hall–Kier alpha value is -3.12. The zero-order chi connectivity index (χ0) is 23.9. The number of ether oxygens (including phenoxy) is 1. The summed E-state index contributed by atoms with van der Waals surface area (Å²) in [4.78, 5) is 19.7. The largest absolute Gasteiger partial charge is 0.487 e. The number of rotatable bonds is 9. The standard InChI is InChI=1S/C28H35N3O3/c1-20-16-21(2)18-31(17-20)15-7-14-29-27(32)23-10-12-24(13-11-23)28-30-26(22(3)34-28)19-33-25-8-5-4-6-9-25/h4-6,8-13,20-21H,7,14-19H2,1-3H3,(H,29,32)/t20-,21+. The van der Waals surface area contributed by atoms with Crippen LogP contribution in [0, 0.1) is 18.8 Å². The maximum absolute atomic E-state index is 12.5. The molecule has 0 aliphatic carbocycles. The van der Waals surface area contributed by atoms with Crippen molar-refractivity contribution in [1.82, 2.24) is 15.2 Å². The first-order valence-electron chi connectivity index (χ1n) is 12.2. The van der Waals surface area contributed by atoms with Gasteiger partial charge in [-0.1, -0.05) is 32.0 Å². The number of benzene rings is 2. The van der Waals surface area contributed by atoms with E-state index in [1.54, 1.807) is 0 Å². The molecule has 6 nitrogen and oxygen atoms in total. The third-order valence-corrected chi connectivity index (χ3v) is 6.29. The summed E-state index contributed by atoms with van der Waals surface area (Å²) in [5, 5.41) is 3.04. The van der Waals surface area contributed by atoms with Gasteiger partial charge in [0.15, 0.2) is 0 Å². The molecule has 3 aromatic rings. The van der Waals surface area contributed by atoms with Gasteiger partial charge in [-0.15, -0.1) is 0 Å². The summed E-state index contributed by atoms with van der Waals surface area (Å²) >= 11 is 0. The molecule has 0 spiro atoms. The Morgan fingerprint density at radius 1 is 1.09 bits per heavy atom. The summed E-state index contributed by atoms with van der Waals surface area (Å²) in [7, 11) is 0. The number of carbonyl (C=O) groups is 1. The van der Waals surface area contributed by atoms with Crippen LogP contribution >= 0.6 is 0 Å². The van der Waals surface area contributed by atoms with Crippen LogP contribution in [-0.2, 0) is 6.61 Å². The summed E-state index contributed by atoms with van der Waals surface area (Å²) in [6.45, 7) is 10.9. The van der Waals surface area contributed by atoms with Crippen molar-refractivity contribution in [3.63, 3.8) is 0 Å². The van der Waals surface area contributed by atoms with Crippen molar-refractivity contribution in [3.05, 3.63) is 71.6 Å². The number of oxazole rings is 1. The summed E-state index contributed by atoms with van der Waals surface area (Å²) in [5.41, 5.74) is 2.23. The zero-order valence-electron chi connectivity index (χ0n) is 20.4. The molecule has 0 bridgehead atoms. The first-order chi connectivity index (χ1) is 16.5. The van der Waals surface area contributed by atoms with Gasteiger partial charge in [0.2, 0.25) is 5.89 Å².